The molecule has 7 heteroatoms. The Morgan fingerprint density at radius 2 is 2.00 bits per heavy atom. The van der Waals surface area contributed by atoms with Crippen LogP contribution < -0.4 is 15.4 Å². The van der Waals surface area contributed by atoms with Crippen LogP contribution in [0.2, 0.25) is 5.02 Å². The molecule has 0 aliphatic carbocycles. The molecule has 25 heavy (non-hydrogen) atoms. The predicted octanol–water partition coefficient (Wildman–Crippen LogP) is 4.50. The van der Waals surface area contributed by atoms with Gasteiger partial charge in [-0.1, -0.05) is 43.3 Å². The van der Waals surface area contributed by atoms with E-state index in [9.17, 15) is 0 Å². The van der Waals surface area contributed by atoms with Crippen LogP contribution in [0.5, 0.6) is 5.75 Å². The van der Waals surface area contributed by atoms with Gasteiger partial charge < -0.3 is 15.4 Å². The van der Waals surface area contributed by atoms with E-state index in [1.54, 1.807) is 13.3 Å². The number of nitrogens with two attached hydrogens (primary N) is 1. The minimum absolute atomic E-state index is 0.397. The summed E-state index contributed by atoms with van der Waals surface area (Å²) in [7, 11) is 1.60. The molecule has 1 aliphatic heterocycles. The Labute approximate surface area is 157 Å². The van der Waals surface area contributed by atoms with Crippen molar-refractivity contribution in [1.29, 1.82) is 0 Å². The lowest BCUT2D eigenvalue weighted by Crippen LogP contribution is -2.37. The molecule has 3 rings (SSSR count). The zero-order chi connectivity index (χ0) is 18.0. The lowest BCUT2D eigenvalue weighted by atomic mass is 9.83. The van der Waals surface area contributed by atoms with Crippen LogP contribution in [0.1, 0.15) is 26.7 Å². The molecule has 0 radical (unpaired) electrons. The predicted molar refractivity (Wildman–Crippen MR) is 104 cm³/mol. The van der Waals surface area contributed by atoms with Crippen LogP contribution in [0, 0.1) is 5.41 Å². The van der Waals surface area contributed by atoms with E-state index in [-0.39, 0.29) is 0 Å². The molecule has 0 unspecified atom stereocenters. The fraction of sp³-hybridized carbons (Fsp3) is 0.444. The molecule has 2 aromatic rings. The van der Waals surface area contributed by atoms with Gasteiger partial charge in [-0.3, -0.25) is 0 Å². The normalized spacial score (nSPS) is 16.7. The van der Waals surface area contributed by atoms with E-state index in [1.807, 2.05) is 18.2 Å². The van der Waals surface area contributed by atoms with Gasteiger partial charge in [0, 0.05) is 18.0 Å². The maximum Gasteiger partial charge on any atom is 0.158 e. The summed E-state index contributed by atoms with van der Waals surface area (Å²) in [6.45, 7) is 6.58. The molecule has 1 fully saturated rings. The molecule has 2 heterocycles. The first-order chi connectivity index (χ1) is 11.9. The third-order valence-electron chi connectivity index (χ3n) is 4.55. The number of ether oxygens (including phenoxy) is 1. The molecule has 1 aromatic carbocycles. The van der Waals surface area contributed by atoms with Crippen molar-refractivity contribution >= 4 is 35.0 Å². The second-order valence-corrected chi connectivity index (χ2v) is 8.35. The van der Waals surface area contributed by atoms with Gasteiger partial charge in [-0.25, -0.2) is 9.97 Å². The summed E-state index contributed by atoms with van der Waals surface area (Å²) < 4.78 is 5.25. The van der Waals surface area contributed by atoms with Crippen LogP contribution in [0.3, 0.4) is 0 Å². The van der Waals surface area contributed by atoms with E-state index in [1.165, 1.54) is 11.8 Å². The molecule has 0 amide bonds. The summed E-state index contributed by atoms with van der Waals surface area (Å²) in [5.74, 6) is 1.89. The van der Waals surface area contributed by atoms with Crippen molar-refractivity contribution in [2.45, 2.75) is 36.6 Å². The molecule has 5 nitrogen and oxygen atoms in total. The first kappa shape index (κ1) is 18.1. The van der Waals surface area contributed by atoms with E-state index in [0.29, 0.717) is 27.0 Å². The Bertz CT molecular complexity index is 759. The second-order valence-electron chi connectivity index (χ2n) is 6.94. The van der Waals surface area contributed by atoms with Crippen molar-refractivity contribution in [1.82, 2.24) is 9.97 Å². The number of halogens is 1. The molecular weight excluding hydrogens is 356 g/mol. The number of hydrogen-bond donors (Lipinski definition) is 1. The number of hydrogen-bond acceptors (Lipinski definition) is 6. The van der Waals surface area contributed by atoms with Gasteiger partial charge in [0.05, 0.1) is 18.3 Å². The number of nitrogen functional groups attached to an aromatic ring is 1. The Hall–Kier alpha value is -1.66. The highest BCUT2D eigenvalue weighted by molar-refractivity contribution is 7.99. The van der Waals surface area contributed by atoms with Crippen molar-refractivity contribution in [3.8, 4) is 5.75 Å². The van der Waals surface area contributed by atoms with E-state index in [2.05, 4.69) is 28.7 Å². The number of piperidine rings is 1. The van der Waals surface area contributed by atoms with E-state index in [4.69, 9.17) is 22.1 Å². The highest BCUT2D eigenvalue weighted by atomic mass is 35.5. The highest BCUT2D eigenvalue weighted by Gasteiger charge is 2.26. The van der Waals surface area contributed by atoms with Crippen LogP contribution in [0.25, 0.3) is 0 Å². The maximum atomic E-state index is 6.35. The van der Waals surface area contributed by atoms with Crippen molar-refractivity contribution in [3.05, 3.63) is 29.4 Å². The zero-order valence-corrected chi connectivity index (χ0v) is 16.3. The smallest absolute Gasteiger partial charge is 0.158 e. The lowest BCUT2D eigenvalue weighted by Gasteiger charge is -2.37. The van der Waals surface area contributed by atoms with E-state index < -0.39 is 0 Å². The summed E-state index contributed by atoms with van der Waals surface area (Å²) in [6.07, 6.45) is 4.08. The van der Waals surface area contributed by atoms with Gasteiger partial charge in [0.1, 0.15) is 16.6 Å². The molecule has 1 aliphatic rings. The average molecular weight is 379 g/mol. The highest BCUT2D eigenvalue weighted by Crippen LogP contribution is 2.39. The van der Waals surface area contributed by atoms with Gasteiger partial charge in [-0.15, -0.1) is 0 Å². The molecule has 1 saturated heterocycles. The van der Waals surface area contributed by atoms with Crippen molar-refractivity contribution in [3.63, 3.8) is 0 Å². The second kappa shape index (κ2) is 7.30. The summed E-state index contributed by atoms with van der Waals surface area (Å²) in [5.41, 5.74) is 6.55. The molecular formula is C18H23ClN4OS. The van der Waals surface area contributed by atoms with Crippen LogP contribution >= 0.6 is 23.4 Å². The molecule has 0 bridgehead atoms. The Kier molecular flexibility index (Phi) is 5.29. The van der Waals surface area contributed by atoms with Gasteiger partial charge in [0.2, 0.25) is 0 Å². The molecule has 1 aromatic heterocycles. The van der Waals surface area contributed by atoms with Gasteiger partial charge in [-0.2, -0.15) is 0 Å². The third kappa shape index (κ3) is 4.12. The van der Waals surface area contributed by atoms with Gasteiger partial charge in [0.15, 0.2) is 5.82 Å². The molecule has 2 N–H and O–H groups in total. The van der Waals surface area contributed by atoms with Gasteiger partial charge >= 0.3 is 0 Å². The SMILES string of the molecule is COc1cccc(Sc2ncc(N3CCC(C)(C)CC3)nc2N)c1Cl. The van der Waals surface area contributed by atoms with Crippen LogP contribution in [0.4, 0.5) is 11.6 Å². The zero-order valence-electron chi connectivity index (χ0n) is 14.8. The fourth-order valence-electron chi connectivity index (χ4n) is 2.79. The average Bonchev–Trinajstić information content (AvgIpc) is 2.58. The lowest BCUT2D eigenvalue weighted by molar-refractivity contribution is 0.279. The number of anilines is 2. The monoisotopic (exact) mass is 378 g/mol. The molecule has 134 valence electrons. The standard InChI is InChI=1S/C18H23ClN4OS/c1-18(2)7-9-23(10-8-18)14-11-21-17(16(20)22-14)25-13-6-4-5-12(24-3)15(13)19/h4-6,11H,7-10H2,1-3H3,(H2,20,22). The quantitative estimate of drug-likeness (QED) is 0.845. The third-order valence-corrected chi connectivity index (χ3v) is 6.12. The van der Waals surface area contributed by atoms with Crippen LogP contribution in [-0.4, -0.2) is 30.2 Å². The Balaban J connectivity index is 1.77. The molecule has 0 spiro atoms. The largest absolute Gasteiger partial charge is 0.495 e. The Morgan fingerprint density at radius 3 is 2.64 bits per heavy atom. The van der Waals surface area contributed by atoms with E-state index in [0.717, 1.165) is 36.6 Å². The minimum atomic E-state index is 0.397. The fourth-order valence-corrected chi connectivity index (χ4v) is 3.91. The molecule has 0 atom stereocenters. The topological polar surface area (TPSA) is 64.3 Å². The summed E-state index contributed by atoms with van der Waals surface area (Å²) in [6, 6.07) is 5.63. The summed E-state index contributed by atoms with van der Waals surface area (Å²) in [4.78, 5) is 12.2. The molecule has 0 saturated carbocycles. The maximum absolute atomic E-state index is 6.35. The van der Waals surface area contributed by atoms with E-state index >= 15 is 0 Å². The van der Waals surface area contributed by atoms with Crippen LogP contribution in [-0.2, 0) is 0 Å². The van der Waals surface area contributed by atoms with Gasteiger partial charge in [-0.05, 0) is 30.4 Å². The minimum Gasteiger partial charge on any atom is -0.495 e. The summed E-state index contributed by atoms with van der Waals surface area (Å²) >= 11 is 7.74. The number of methoxy groups -OCH3 is 1. The number of benzene rings is 1. The Morgan fingerprint density at radius 1 is 1.28 bits per heavy atom. The van der Waals surface area contributed by atoms with Gasteiger partial charge in [0.25, 0.3) is 0 Å². The number of nitrogens with zero attached hydrogens (tertiary/aromatic N) is 3. The number of aromatic nitrogens is 2. The summed E-state index contributed by atoms with van der Waals surface area (Å²) in [5, 5.41) is 1.20. The van der Waals surface area contributed by atoms with Crippen molar-refractivity contribution in [2.24, 2.45) is 5.41 Å². The van der Waals surface area contributed by atoms with Crippen LogP contribution in [0.15, 0.2) is 34.3 Å². The first-order valence-electron chi connectivity index (χ1n) is 8.27. The van der Waals surface area contributed by atoms with Crippen molar-refractivity contribution in [2.75, 3.05) is 30.8 Å². The number of rotatable bonds is 4. The van der Waals surface area contributed by atoms with Crippen molar-refractivity contribution < 1.29 is 4.74 Å². The first-order valence-corrected chi connectivity index (χ1v) is 9.47.